The topological polar surface area (TPSA) is 99.5 Å². The van der Waals surface area contributed by atoms with E-state index in [9.17, 15) is 18.5 Å². The lowest BCUT2D eigenvalue weighted by atomic mass is 9.91. The van der Waals surface area contributed by atoms with Gasteiger partial charge in [0.15, 0.2) is 5.75 Å². The van der Waals surface area contributed by atoms with E-state index in [0.29, 0.717) is 25.9 Å². The Morgan fingerprint density at radius 2 is 2.06 bits per heavy atom. The third-order valence-corrected chi connectivity index (χ3v) is 4.26. The van der Waals surface area contributed by atoms with Gasteiger partial charge in [0.2, 0.25) is 10.0 Å². The van der Waals surface area contributed by atoms with E-state index in [1.807, 2.05) is 18.0 Å². The van der Waals surface area contributed by atoms with Crippen LogP contribution in [0.25, 0.3) is 0 Å². The van der Waals surface area contributed by atoms with Crippen molar-refractivity contribution in [2.75, 3.05) is 33.0 Å². The monoisotopic (exact) mass is 275 g/mol. The number of likely N-dealkylation sites (tertiary alicyclic amines) is 1. The molecule has 0 amide bonds. The number of nitrogens with zero attached hydrogens (tertiary/aromatic N) is 2. The molecule has 18 heavy (non-hydrogen) atoms. The Balaban J connectivity index is 2.75. The molecule has 1 aliphatic heterocycles. The quantitative estimate of drug-likeness (QED) is 0.665. The van der Waals surface area contributed by atoms with Crippen LogP contribution in [0.15, 0.2) is 0 Å². The van der Waals surface area contributed by atoms with Crippen LogP contribution in [0, 0.1) is 11.3 Å². The number of nitrogens with one attached hydrogen (secondary N) is 1. The van der Waals surface area contributed by atoms with Crippen molar-refractivity contribution >= 4 is 16.0 Å². The average molecular weight is 275 g/mol. The summed E-state index contributed by atoms with van der Waals surface area (Å²) in [5, 5.41) is 9.17. The van der Waals surface area contributed by atoms with Crippen molar-refractivity contribution in [1.82, 2.24) is 9.62 Å². The van der Waals surface area contributed by atoms with Gasteiger partial charge in [0.1, 0.15) is 5.54 Å². The molecular weight excluding hydrogens is 258 g/mol. The number of hydrogen-bond donors (Lipinski definition) is 1. The molecule has 1 rings (SSSR count). The van der Waals surface area contributed by atoms with E-state index in [0.717, 1.165) is 7.11 Å². The molecular formula is C10H17N3O4S. The molecule has 0 bridgehead atoms. The minimum Gasteiger partial charge on any atom is -0.468 e. The molecule has 102 valence electrons. The van der Waals surface area contributed by atoms with Crippen molar-refractivity contribution in [3.05, 3.63) is 0 Å². The maximum Gasteiger partial charge on any atom is 0.322 e. The fourth-order valence-corrected chi connectivity index (χ4v) is 3.13. The zero-order valence-electron chi connectivity index (χ0n) is 10.5. The lowest BCUT2D eigenvalue weighted by Crippen LogP contribution is -2.54. The third-order valence-electron chi connectivity index (χ3n) is 2.94. The van der Waals surface area contributed by atoms with Crippen LogP contribution < -0.4 is 4.72 Å². The zero-order valence-corrected chi connectivity index (χ0v) is 11.3. The minimum absolute atomic E-state index is 0.403. The zero-order chi connectivity index (χ0) is 13.8. The van der Waals surface area contributed by atoms with Gasteiger partial charge in [-0.2, -0.15) is 9.98 Å². The first kappa shape index (κ1) is 14.9. The van der Waals surface area contributed by atoms with Gasteiger partial charge in [-0.25, -0.2) is 8.42 Å². The standard InChI is InChI=1S/C10H17N3O4S/c1-13-5-3-10(8-11,4-6-13)12-18(15,16)7-9(14)17-2/h12H,3-7H2,1-2H3. The summed E-state index contributed by atoms with van der Waals surface area (Å²) in [6.45, 7) is 1.27. The molecule has 0 spiro atoms. The Labute approximate surface area is 107 Å². The summed E-state index contributed by atoms with van der Waals surface area (Å²) in [6.07, 6.45) is 0.806. The van der Waals surface area contributed by atoms with Gasteiger partial charge in [-0.05, 0) is 19.9 Å². The highest BCUT2D eigenvalue weighted by molar-refractivity contribution is 7.90. The second-order valence-electron chi connectivity index (χ2n) is 4.43. The highest BCUT2D eigenvalue weighted by Gasteiger charge is 2.38. The maximum atomic E-state index is 11.7. The van der Waals surface area contributed by atoms with Crippen molar-refractivity contribution in [2.45, 2.75) is 18.4 Å². The molecule has 0 atom stereocenters. The number of sulfonamides is 1. The van der Waals surface area contributed by atoms with Crippen molar-refractivity contribution in [3.63, 3.8) is 0 Å². The van der Waals surface area contributed by atoms with Gasteiger partial charge in [0.05, 0.1) is 13.2 Å². The smallest absolute Gasteiger partial charge is 0.322 e. The van der Waals surface area contributed by atoms with Crippen LogP contribution in [0.2, 0.25) is 0 Å². The van der Waals surface area contributed by atoms with Crippen LogP contribution in [0.3, 0.4) is 0 Å². The Bertz CT molecular complexity index is 446. The molecule has 0 saturated carbocycles. The van der Waals surface area contributed by atoms with Crippen molar-refractivity contribution in [1.29, 1.82) is 5.26 Å². The number of ether oxygens (including phenoxy) is 1. The van der Waals surface area contributed by atoms with Crippen LogP contribution in [0.1, 0.15) is 12.8 Å². The molecule has 1 aliphatic rings. The lowest BCUT2D eigenvalue weighted by molar-refractivity contribution is -0.137. The number of hydrogen-bond acceptors (Lipinski definition) is 6. The summed E-state index contributed by atoms with van der Waals surface area (Å²) in [6, 6.07) is 2.02. The highest BCUT2D eigenvalue weighted by atomic mass is 32.2. The molecule has 0 radical (unpaired) electrons. The molecule has 1 saturated heterocycles. The number of rotatable bonds is 4. The molecule has 0 aromatic carbocycles. The van der Waals surface area contributed by atoms with Crippen molar-refractivity contribution < 1.29 is 17.9 Å². The molecule has 1 heterocycles. The first-order valence-corrected chi connectivity index (χ1v) is 7.16. The fraction of sp³-hybridized carbons (Fsp3) is 0.800. The maximum absolute atomic E-state index is 11.7. The number of carbonyl (C=O) groups excluding carboxylic acids is 1. The summed E-state index contributed by atoms with van der Waals surface area (Å²) >= 11 is 0. The highest BCUT2D eigenvalue weighted by Crippen LogP contribution is 2.21. The van der Waals surface area contributed by atoms with E-state index in [2.05, 4.69) is 9.46 Å². The van der Waals surface area contributed by atoms with E-state index in [1.165, 1.54) is 0 Å². The van der Waals surface area contributed by atoms with Gasteiger partial charge in [-0.1, -0.05) is 0 Å². The van der Waals surface area contributed by atoms with Crippen molar-refractivity contribution in [2.24, 2.45) is 0 Å². The van der Waals surface area contributed by atoms with E-state index in [4.69, 9.17) is 0 Å². The normalized spacial score (nSPS) is 20.1. The van der Waals surface area contributed by atoms with Crippen LogP contribution in [0.4, 0.5) is 0 Å². The van der Waals surface area contributed by atoms with Gasteiger partial charge in [-0.15, -0.1) is 0 Å². The summed E-state index contributed by atoms with van der Waals surface area (Å²) in [5.41, 5.74) is -1.11. The number of piperidine rings is 1. The van der Waals surface area contributed by atoms with E-state index in [-0.39, 0.29) is 0 Å². The lowest BCUT2D eigenvalue weighted by Gasteiger charge is -2.35. The van der Waals surface area contributed by atoms with E-state index in [1.54, 1.807) is 0 Å². The second kappa shape index (κ2) is 5.65. The van der Waals surface area contributed by atoms with Gasteiger partial charge in [-0.3, -0.25) is 4.79 Å². The van der Waals surface area contributed by atoms with E-state index < -0.39 is 27.3 Å². The Hall–Kier alpha value is -1.17. The first-order valence-electron chi connectivity index (χ1n) is 5.51. The summed E-state index contributed by atoms with van der Waals surface area (Å²) in [5.74, 6) is -1.61. The van der Waals surface area contributed by atoms with Crippen LogP contribution in [-0.4, -0.2) is 57.8 Å². The molecule has 7 nitrogen and oxygen atoms in total. The predicted molar refractivity (Wildman–Crippen MR) is 64.0 cm³/mol. The number of methoxy groups -OCH3 is 1. The summed E-state index contributed by atoms with van der Waals surface area (Å²) in [7, 11) is -0.821. The SMILES string of the molecule is COC(=O)CS(=O)(=O)NC1(C#N)CCN(C)CC1. The van der Waals surface area contributed by atoms with E-state index >= 15 is 0 Å². The largest absolute Gasteiger partial charge is 0.468 e. The van der Waals surface area contributed by atoms with Gasteiger partial charge >= 0.3 is 5.97 Å². The van der Waals surface area contributed by atoms with Crippen LogP contribution in [-0.2, 0) is 19.6 Å². The van der Waals surface area contributed by atoms with Crippen LogP contribution >= 0.6 is 0 Å². The molecule has 8 heteroatoms. The molecule has 1 N–H and O–H groups in total. The Morgan fingerprint density at radius 3 is 2.50 bits per heavy atom. The molecule has 1 fully saturated rings. The number of esters is 1. The molecule has 0 unspecified atom stereocenters. The number of carbonyl (C=O) groups is 1. The first-order chi connectivity index (χ1) is 8.32. The van der Waals surface area contributed by atoms with Crippen LogP contribution in [0.5, 0.6) is 0 Å². The Morgan fingerprint density at radius 1 is 1.50 bits per heavy atom. The third kappa shape index (κ3) is 3.94. The predicted octanol–water partition coefficient (Wildman–Crippen LogP) is -0.933. The number of nitriles is 1. The fourth-order valence-electron chi connectivity index (χ4n) is 1.78. The second-order valence-corrected chi connectivity index (χ2v) is 6.16. The molecule has 0 aromatic heterocycles. The summed E-state index contributed by atoms with van der Waals surface area (Å²) in [4.78, 5) is 13.0. The average Bonchev–Trinajstić information content (AvgIpc) is 2.31. The Kier molecular flexibility index (Phi) is 4.67. The summed E-state index contributed by atoms with van der Waals surface area (Å²) < 4.78 is 30.1. The molecule has 0 aliphatic carbocycles. The minimum atomic E-state index is -3.85. The van der Waals surface area contributed by atoms with Gasteiger partial charge in [0.25, 0.3) is 0 Å². The van der Waals surface area contributed by atoms with Gasteiger partial charge < -0.3 is 9.64 Å². The van der Waals surface area contributed by atoms with Crippen molar-refractivity contribution in [3.8, 4) is 6.07 Å². The molecule has 0 aromatic rings. The van der Waals surface area contributed by atoms with Gasteiger partial charge in [0, 0.05) is 13.1 Å².